The quantitative estimate of drug-likeness (QED) is 0.890. The van der Waals surface area contributed by atoms with Gasteiger partial charge in [0, 0.05) is 6.42 Å². The lowest BCUT2D eigenvalue weighted by atomic mass is 9.76. The third-order valence-electron chi connectivity index (χ3n) is 4.41. The Hall–Kier alpha value is -0.900. The standard InChI is InChI=1S/C15H20O3/c16-12-14(11-13-5-2-1-3-6-13)7-4-8-15(14)17-9-10-18-15/h1-3,5-6,16H,4,7-12H2/t14-/m1/s1. The summed E-state index contributed by atoms with van der Waals surface area (Å²) >= 11 is 0. The molecule has 1 N–H and O–H groups in total. The summed E-state index contributed by atoms with van der Waals surface area (Å²) in [5, 5.41) is 9.94. The van der Waals surface area contributed by atoms with Gasteiger partial charge in [0.2, 0.25) is 0 Å². The second kappa shape index (κ2) is 4.65. The van der Waals surface area contributed by atoms with Crippen molar-refractivity contribution in [2.45, 2.75) is 31.5 Å². The Labute approximate surface area is 108 Å². The zero-order chi connectivity index (χ0) is 12.5. The van der Waals surface area contributed by atoms with Crippen LogP contribution in [0.3, 0.4) is 0 Å². The molecular formula is C15H20O3. The maximum Gasteiger partial charge on any atom is 0.176 e. The van der Waals surface area contributed by atoms with E-state index in [-0.39, 0.29) is 12.0 Å². The Kier molecular flexibility index (Phi) is 3.14. The summed E-state index contributed by atoms with van der Waals surface area (Å²) in [5.41, 5.74) is 0.970. The van der Waals surface area contributed by atoms with E-state index in [1.54, 1.807) is 0 Å². The van der Waals surface area contributed by atoms with Gasteiger partial charge < -0.3 is 14.6 Å². The van der Waals surface area contributed by atoms with Gasteiger partial charge in [-0.2, -0.15) is 0 Å². The molecule has 0 aromatic heterocycles. The SMILES string of the molecule is OC[C@]1(Cc2ccccc2)CCCC12OCCO2. The van der Waals surface area contributed by atoms with Gasteiger partial charge in [0.25, 0.3) is 0 Å². The van der Waals surface area contributed by atoms with E-state index in [0.29, 0.717) is 13.2 Å². The van der Waals surface area contributed by atoms with Crippen molar-refractivity contribution in [2.24, 2.45) is 5.41 Å². The molecule has 1 saturated carbocycles. The highest BCUT2D eigenvalue weighted by molar-refractivity contribution is 5.19. The van der Waals surface area contributed by atoms with E-state index < -0.39 is 5.79 Å². The first-order valence-corrected chi connectivity index (χ1v) is 6.73. The molecule has 18 heavy (non-hydrogen) atoms. The molecule has 3 nitrogen and oxygen atoms in total. The van der Waals surface area contributed by atoms with E-state index in [9.17, 15) is 5.11 Å². The van der Waals surface area contributed by atoms with Gasteiger partial charge in [-0.1, -0.05) is 30.3 Å². The van der Waals surface area contributed by atoms with E-state index in [0.717, 1.165) is 25.7 Å². The molecule has 1 aromatic carbocycles. The van der Waals surface area contributed by atoms with Gasteiger partial charge in [0.05, 0.1) is 25.2 Å². The van der Waals surface area contributed by atoms with Crippen molar-refractivity contribution in [3.8, 4) is 0 Å². The van der Waals surface area contributed by atoms with E-state index in [1.165, 1.54) is 5.56 Å². The van der Waals surface area contributed by atoms with E-state index in [4.69, 9.17) is 9.47 Å². The van der Waals surface area contributed by atoms with Crippen molar-refractivity contribution < 1.29 is 14.6 Å². The minimum Gasteiger partial charge on any atom is -0.396 e. The molecule has 0 bridgehead atoms. The van der Waals surface area contributed by atoms with Gasteiger partial charge in [-0.25, -0.2) is 0 Å². The zero-order valence-electron chi connectivity index (χ0n) is 10.6. The molecule has 3 heteroatoms. The normalized spacial score (nSPS) is 30.1. The molecule has 0 radical (unpaired) electrons. The molecule has 2 fully saturated rings. The van der Waals surface area contributed by atoms with Crippen LogP contribution in [0.1, 0.15) is 24.8 Å². The third-order valence-corrected chi connectivity index (χ3v) is 4.41. The predicted octanol–water partition coefficient (Wildman–Crippen LogP) is 2.13. The summed E-state index contributed by atoms with van der Waals surface area (Å²) < 4.78 is 11.8. The van der Waals surface area contributed by atoms with Crippen LogP contribution >= 0.6 is 0 Å². The molecule has 1 atom stereocenters. The number of hydrogen-bond acceptors (Lipinski definition) is 3. The summed E-state index contributed by atoms with van der Waals surface area (Å²) in [6.07, 6.45) is 3.76. The summed E-state index contributed by atoms with van der Waals surface area (Å²) in [5.74, 6) is -0.544. The van der Waals surface area contributed by atoms with Crippen molar-refractivity contribution in [3.63, 3.8) is 0 Å². The second-order valence-corrected chi connectivity index (χ2v) is 5.40. The fraction of sp³-hybridized carbons (Fsp3) is 0.600. The predicted molar refractivity (Wildman–Crippen MR) is 68.2 cm³/mol. The first kappa shape index (κ1) is 12.2. The molecule has 1 heterocycles. The van der Waals surface area contributed by atoms with E-state index >= 15 is 0 Å². The van der Waals surface area contributed by atoms with Gasteiger partial charge in [0.1, 0.15) is 0 Å². The van der Waals surface area contributed by atoms with Gasteiger partial charge >= 0.3 is 0 Å². The highest BCUT2D eigenvalue weighted by Gasteiger charge is 2.58. The maximum atomic E-state index is 9.94. The van der Waals surface area contributed by atoms with Crippen molar-refractivity contribution in [1.29, 1.82) is 0 Å². The lowest BCUT2D eigenvalue weighted by Gasteiger charge is -2.40. The highest BCUT2D eigenvalue weighted by atomic mass is 16.7. The number of ether oxygens (including phenoxy) is 2. The van der Waals surface area contributed by atoms with Crippen LogP contribution < -0.4 is 0 Å². The molecule has 0 unspecified atom stereocenters. The van der Waals surface area contributed by atoms with Crippen LogP contribution in [-0.2, 0) is 15.9 Å². The van der Waals surface area contributed by atoms with Crippen LogP contribution in [0.25, 0.3) is 0 Å². The minimum absolute atomic E-state index is 0.127. The number of aliphatic hydroxyl groups is 1. The molecule has 1 aliphatic heterocycles. The Balaban J connectivity index is 1.89. The van der Waals surface area contributed by atoms with Gasteiger partial charge in [0.15, 0.2) is 5.79 Å². The number of hydrogen-bond donors (Lipinski definition) is 1. The van der Waals surface area contributed by atoms with Crippen LogP contribution in [0.15, 0.2) is 30.3 Å². The van der Waals surface area contributed by atoms with Crippen molar-refractivity contribution in [1.82, 2.24) is 0 Å². The summed E-state index contributed by atoms with van der Waals surface area (Å²) in [7, 11) is 0. The smallest absolute Gasteiger partial charge is 0.176 e. The Morgan fingerprint density at radius 2 is 1.78 bits per heavy atom. The van der Waals surface area contributed by atoms with Crippen LogP contribution in [0.2, 0.25) is 0 Å². The Morgan fingerprint density at radius 3 is 2.44 bits per heavy atom. The molecule has 1 saturated heterocycles. The lowest BCUT2D eigenvalue weighted by Crippen LogP contribution is -2.49. The van der Waals surface area contributed by atoms with Crippen molar-refractivity contribution in [2.75, 3.05) is 19.8 Å². The monoisotopic (exact) mass is 248 g/mol. The highest BCUT2D eigenvalue weighted by Crippen LogP contribution is 2.52. The van der Waals surface area contributed by atoms with E-state index in [1.807, 2.05) is 18.2 Å². The molecule has 0 amide bonds. The third kappa shape index (κ3) is 1.78. The summed E-state index contributed by atoms with van der Waals surface area (Å²) in [4.78, 5) is 0. The second-order valence-electron chi connectivity index (χ2n) is 5.40. The lowest BCUT2D eigenvalue weighted by molar-refractivity contribution is -0.231. The molecular weight excluding hydrogens is 228 g/mol. The number of rotatable bonds is 3. The molecule has 2 aliphatic rings. The van der Waals surface area contributed by atoms with Gasteiger partial charge in [-0.05, 0) is 24.8 Å². The van der Waals surface area contributed by atoms with Gasteiger partial charge in [-0.3, -0.25) is 0 Å². The average Bonchev–Trinajstić information content (AvgIpc) is 3.01. The summed E-state index contributed by atoms with van der Waals surface area (Å²) in [6, 6.07) is 10.3. The summed E-state index contributed by atoms with van der Waals surface area (Å²) in [6.45, 7) is 1.43. The molecule has 3 rings (SSSR count). The largest absolute Gasteiger partial charge is 0.396 e. The van der Waals surface area contributed by atoms with Crippen molar-refractivity contribution in [3.05, 3.63) is 35.9 Å². The fourth-order valence-corrected chi connectivity index (χ4v) is 3.49. The number of benzene rings is 1. The van der Waals surface area contributed by atoms with Crippen molar-refractivity contribution >= 4 is 0 Å². The molecule has 1 spiro atoms. The molecule has 1 aromatic rings. The molecule has 1 aliphatic carbocycles. The van der Waals surface area contributed by atoms with Crippen LogP contribution in [0.5, 0.6) is 0 Å². The van der Waals surface area contributed by atoms with Crippen LogP contribution in [0.4, 0.5) is 0 Å². The number of aliphatic hydroxyl groups excluding tert-OH is 1. The van der Waals surface area contributed by atoms with Gasteiger partial charge in [-0.15, -0.1) is 0 Å². The van der Waals surface area contributed by atoms with Crippen LogP contribution in [0, 0.1) is 5.41 Å². The first-order valence-electron chi connectivity index (χ1n) is 6.73. The zero-order valence-corrected chi connectivity index (χ0v) is 10.6. The topological polar surface area (TPSA) is 38.7 Å². The maximum absolute atomic E-state index is 9.94. The molecule has 98 valence electrons. The van der Waals surface area contributed by atoms with E-state index in [2.05, 4.69) is 12.1 Å². The average molecular weight is 248 g/mol. The fourth-order valence-electron chi connectivity index (χ4n) is 3.49. The Morgan fingerprint density at radius 1 is 1.06 bits per heavy atom. The van der Waals surface area contributed by atoms with Crippen LogP contribution in [-0.4, -0.2) is 30.7 Å². The Bertz CT molecular complexity index is 392. The first-order chi connectivity index (χ1) is 8.80. The minimum atomic E-state index is -0.544.